The van der Waals surface area contributed by atoms with Crippen molar-refractivity contribution in [2.24, 2.45) is 5.92 Å². The molecular formula is C18H24ClN3O2. The number of oxazole rings is 1. The number of nitrogens with one attached hydrogen (secondary N) is 2. The van der Waals surface area contributed by atoms with Crippen molar-refractivity contribution in [3.05, 3.63) is 42.4 Å². The predicted octanol–water partition coefficient (Wildman–Crippen LogP) is 3.33. The van der Waals surface area contributed by atoms with Crippen LogP contribution in [-0.4, -0.2) is 23.5 Å². The molecule has 0 aliphatic carbocycles. The monoisotopic (exact) mass is 349 g/mol. The van der Waals surface area contributed by atoms with Crippen molar-refractivity contribution in [3.63, 3.8) is 0 Å². The van der Waals surface area contributed by atoms with Gasteiger partial charge < -0.3 is 15.1 Å². The third-order valence-electron chi connectivity index (χ3n) is 4.31. The Morgan fingerprint density at radius 1 is 1.38 bits per heavy atom. The van der Waals surface area contributed by atoms with Gasteiger partial charge in [-0.1, -0.05) is 30.3 Å². The fraction of sp³-hybridized carbons (Fsp3) is 0.444. The summed E-state index contributed by atoms with van der Waals surface area (Å²) in [6, 6.07) is 9.99. The number of amides is 1. The maximum Gasteiger partial charge on any atom is 0.223 e. The maximum absolute atomic E-state index is 12.4. The van der Waals surface area contributed by atoms with E-state index in [4.69, 9.17) is 4.42 Å². The highest BCUT2D eigenvalue weighted by molar-refractivity contribution is 5.85. The summed E-state index contributed by atoms with van der Waals surface area (Å²) in [5.41, 5.74) is 0.983. The van der Waals surface area contributed by atoms with E-state index in [-0.39, 0.29) is 30.3 Å². The van der Waals surface area contributed by atoms with Crippen molar-refractivity contribution in [2.45, 2.75) is 38.8 Å². The molecule has 6 heteroatoms. The number of aromatic nitrogens is 1. The summed E-state index contributed by atoms with van der Waals surface area (Å²) in [5, 5.41) is 6.39. The molecule has 1 fully saturated rings. The molecule has 2 aromatic rings. The molecule has 1 aliphatic rings. The fourth-order valence-corrected chi connectivity index (χ4v) is 2.99. The van der Waals surface area contributed by atoms with Gasteiger partial charge in [-0.25, -0.2) is 4.98 Å². The van der Waals surface area contributed by atoms with Crippen LogP contribution in [0.15, 0.2) is 40.9 Å². The molecule has 1 amide bonds. The minimum atomic E-state index is -0.231. The Morgan fingerprint density at radius 2 is 2.12 bits per heavy atom. The van der Waals surface area contributed by atoms with Gasteiger partial charge in [0.25, 0.3) is 0 Å². The highest BCUT2D eigenvalue weighted by atomic mass is 35.5. The zero-order chi connectivity index (χ0) is 16.2. The maximum atomic E-state index is 12.4. The van der Waals surface area contributed by atoms with E-state index in [0.717, 1.165) is 30.7 Å². The number of hydrogen-bond donors (Lipinski definition) is 2. The van der Waals surface area contributed by atoms with Gasteiger partial charge in [0.15, 0.2) is 5.76 Å². The van der Waals surface area contributed by atoms with Gasteiger partial charge in [0.05, 0.1) is 6.20 Å². The molecule has 2 N–H and O–H groups in total. The third-order valence-corrected chi connectivity index (χ3v) is 4.31. The van der Waals surface area contributed by atoms with Crippen LogP contribution >= 0.6 is 12.4 Å². The molecule has 3 atom stereocenters. The molecule has 1 saturated heterocycles. The van der Waals surface area contributed by atoms with E-state index in [2.05, 4.69) is 22.5 Å². The van der Waals surface area contributed by atoms with Crippen LogP contribution < -0.4 is 10.6 Å². The van der Waals surface area contributed by atoms with Crippen LogP contribution in [0, 0.1) is 5.92 Å². The molecule has 3 rings (SSSR count). The topological polar surface area (TPSA) is 67.2 Å². The number of hydrogen-bond acceptors (Lipinski definition) is 4. The predicted molar refractivity (Wildman–Crippen MR) is 95.9 cm³/mol. The molecule has 0 bridgehead atoms. The van der Waals surface area contributed by atoms with E-state index in [9.17, 15) is 4.79 Å². The Bertz CT molecular complexity index is 659. The summed E-state index contributed by atoms with van der Waals surface area (Å²) in [4.78, 5) is 16.7. The molecule has 24 heavy (non-hydrogen) atoms. The molecule has 130 valence electrons. The van der Waals surface area contributed by atoms with Gasteiger partial charge in [-0.05, 0) is 33.2 Å². The zero-order valence-electron chi connectivity index (χ0n) is 14.0. The fourth-order valence-electron chi connectivity index (χ4n) is 2.99. The summed E-state index contributed by atoms with van der Waals surface area (Å²) < 4.78 is 5.80. The lowest BCUT2D eigenvalue weighted by Gasteiger charge is -2.27. The van der Waals surface area contributed by atoms with Crippen LogP contribution in [0.5, 0.6) is 0 Å². The molecule has 1 aromatic carbocycles. The van der Waals surface area contributed by atoms with E-state index in [1.807, 2.05) is 37.3 Å². The van der Waals surface area contributed by atoms with Gasteiger partial charge in [-0.2, -0.15) is 0 Å². The van der Waals surface area contributed by atoms with Crippen molar-refractivity contribution in [3.8, 4) is 11.3 Å². The molecule has 0 spiro atoms. The van der Waals surface area contributed by atoms with Crippen molar-refractivity contribution in [1.82, 2.24) is 15.6 Å². The third kappa shape index (κ3) is 4.36. The van der Waals surface area contributed by atoms with Crippen LogP contribution in [0.25, 0.3) is 11.3 Å². The van der Waals surface area contributed by atoms with Crippen LogP contribution in [0.1, 0.15) is 38.6 Å². The first-order chi connectivity index (χ1) is 11.1. The second kappa shape index (κ2) is 8.31. The number of benzene rings is 1. The van der Waals surface area contributed by atoms with Crippen LogP contribution in [0.4, 0.5) is 0 Å². The van der Waals surface area contributed by atoms with Gasteiger partial charge in [0.1, 0.15) is 6.04 Å². The standard InChI is InChI=1S/C18H23N3O2.ClH/c1-12-10-15(8-9-19-12)17(22)21-13(2)18-20-11-16(23-18)14-6-4-3-5-7-14;/h3-7,11-13,15,19H,8-10H2,1-2H3,(H,21,22);1H/t12-,13?,15-;/m0./s1. The number of halogens is 1. The van der Waals surface area contributed by atoms with Crippen molar-refractivity contribution in [1.29, 1.82) is 0 Å². The molecule has 2 heterocycles. The van der Waals surface area contributed by atoms with Gasteiger partial charge in [-0.15, -0.1) is 12.4 Å². The van der Waals surface area contributed by atoms with Crippen LogP contribution in [0.2, 0.25) is 0 Å². The van der Waals surface area contributed by atoms with E-state index in [1.54, 1.807) is 6.20 Å². The highest BCUT2D eigenvalue weighted by Gasteiger charge is 2.26. The van der Waals surface area contributed by atoms with Gasteiger partial charge in [0, 0.05) is 17.5 Å². The average molecular weight is 350 g/mol. The largest absolute Gasteiger partial charge is 0.438 e. The molecular weight excluding hydrogens is 326 g/mol. The SMILES string of the molecule is CC(NC(=O)[C@H]1CCN[C@@H](C)C1)c1ncc(-c2ccccc2)o1.Cl. The molecule has 1 aromatic heterocycles. The van der Waals surface area contributed by atoms with Crippen LogP contribution in [-0.2, 0) is 4.79 Å². The lowest BCUT2D eigenvalue weighted by molar-refractivity contribution is -0.126. The first-order valence-corrected chi connectivity index (χ1v) is 8.18. The smallest absolute Gasteiger partial charge is 0.223 e. The minimum absolute atomic E-state index is 0. The lowest BCUT2D eigenvalue weighted by Crippen LogP contribution is -2.43. The second-order valence-electron chi connectivity index (χ2n) is 6.24. The van der Waals surface area contributed by atoms with E-state index < -0.39 is 0 Å². The summed E-state index contributed by atoms with van der Waals surface area (Å²) in [7, 11) is 0. The van der Waals surface area contributed by atoms with Gasteiger partial charge >= 0.3 is 0 Å². The summed E-state index contributed by atoms with van der Waals surface area (Å²) in [6.07, 6.45) is 3.46. The first-order valence-electron chi connectivity index (χ1n) is 8.18. The number of nitrogens with zero attached hydrogens (tertiary/aromatic N) is 1. The minimum Gasteiger partial charge on any atom is -0.438 e. The second-order valence-corrected chi connectivity index (χ2v) is 6.24. The highest BCUT2D eigenvalue weighted by Crippen LogP contribution is 2.23. The van der Waals surface area contributed by atoms with E-state index in [1.165, 1.54) is 0 Å². The van der Waals surface area contributed by atoms with Gasteiger partial charge in [-0.3, -0.25) is 4.79 Å². The Kier molecular flexibility index (Phi) is 6.40. The zero-order valence-corrected chi connectivity index (χ0v) is 14.8. The molecule has 0 radical (unpaired) electrons. The Balaban J connectivity index is 0.00000208. The number of carbonyl (C=O) groups is 1. The summed E-state index contributed by atoms with van der Waals surface area (Å²) in [6.45, 7) is 4.91. The molecule has 1 unspecified atom stereocenters. The Morgan fingerprint density at radius 3 is 2.83 bits per heavy atom. The quantitative estimate of drug-likeness (QED) is 0.888. The van der Waals surface area contributed by atoms with Crippen molar-refractivity contribution < 1.29 is 9.21 Å². The number of rotatable bonds is 4. The Labute approximate surface area is 148 Å². The molecule has 5 nitrogen and oxygen atoms in total. The Hall–Kier alpha value is -1.85. The molecule has 0 saturated carbocycles. The number of piperidine rings is 1. The first kappa shape index (κ1) is 18.5. The average Bonchev–Trinajstić information content (AvgIpc) is 3.06. The van der Waals surface area contributed by atoms with Gasteiger partial charge in [0.2, 0.25) is 11.8 Å². The normalized spacial score (nSPS) is 21.6. The van der Waals surface area contributed by atoms with Crippen LogP contribution in [0.3, 0.4) is 0 Å². The summed E-state index contributed by atoms with van der Waals surface area (Å²) in [5.74, 6) is 1.42. The van der Waals surface area contributed by atoms with E-state index >= 15 is 0 Å². The number of carbonyl (C=O) groups excluding carboxylic acids is 1. The van der Waals surface area contributed by atoms with Crippen molar-refractivity contribution in [2.75, 3.05) is 6.54 Å². The van der Waals surface area contributed by atoms with E-state index in [0.29, 0.717) is 11.9 Å². The molecule has 1 aliphatic heterocycles. The lowest BCUT2D eigenvalue weighted by atomic mass is 9.92. The summed E-state index contributed by atoms with van der Waals surface area (Å²) >= 11 is 0. The van der Waals surface area contributed by atoms with Crippen molar-refractivity contribution >= 4 is 18.3 Å².